The number of nitrogens with one attached hydrogen (secondary N) is 1. The van der Waals surface area contributed by atoms with Gasteiger partial charge in [0.15, 0.2) is 5.82 Å². The fourth-order valence-electron chi connectivity index (χ4n) is 5.21. The van der Waals surface area contributed by atoms with Crippen molar-refractivity contribution in [3.05, 3.63) is 139 Å². The van der Waals surface area contributed by atoms with Crippen molar-refractivity contribution in [3.8, 4) is 34.0 Å². The molecule has 0 unspecified atom stereocenters. The third-order valence-corrected chi connectivity index (χ3v) is 8.60. The highest BCUT2D eigenvalue weighted by Crippen LogP contribution is 2.30. The van der Waals surface area contributed by atoms with Crippen molar-refractivity contribution in [2.24, 2.45) is 0 Å². The highest BCUT2D eigenvalue weighted by Gasteiger charge is 2.20. The van der Waals surface area contributed by atoms with Crippen LogP contribution in [0.3, 0.4) is 0 Å². The van der Waals surface area contributed by atoms with Crippen molar-refractivity contribution in [2.75, 3.05) is 0 Å². The molecule has 0 radical (unpaired) electrons. The molecule has 0 bridgehead atoms. The molecule has 0 atom stereocenters. The number of benzene rings is 3. The van der Waals surface area contributed by atoms with E-state index in [0.717, 1.165) is 39.2 Å². The van der Waals surface area contributed by atoms with Gasteiger partial charge in [-0.15, -0.1) is 11.3 Å². The molecule has 3 aromatic carbocycles. The normalized spacial score (nSPS) is 11.4. The summed E-state index contributed by atoms with van der Waals surface area (Å²) in [5.41, 5.74) is 3.31. The minimum atomic E-state index is -0.620. The standard InChI is InChI=1S/C32H24N6O4S/c1-2-23-18-26-29(39)37(27-16-17-33-38(27)22-8-4-3-5-9-22)32(41)36(30(26)43-23)19-20-12-14-21(15-13-20)24-10-6-7-11-25(24)28-34-31(40)42-35-28/h3-18H,2,19H2,1H3,(H,34,35,40). The Balaban J connectivity index is 1.33. The van der Waals surface area contributed by atoms with Gasteiger partial charge in [-0.2, -0.15) is 5.10 Å². The smallest absolute Gasteiger partial charge is 0.296 e. The summed E-state index contributed by atoms with van der Waals surface area (Å²) in [5, 5.41) is 8.75. The number of hydrogen-bond donors (Lipinski definition) is 1. The van der Waals surface area contributed by atoms with E-state index in [1.807, 2.05) is 91.9 Å². The van der Waals surface area contributed by atoms with E-state index in [0.29, 0.717) is 21.9 Å². The van der Waals surface area contributed by atoms with Crippen LogP contribution in [0.25, 0.3) is 44.2 Å². The van der Waals surface area contributed by atoms with Gasteiger partial charge < -0.3 is 0 Å². The lowest BCUT2D eigenvalue weighted by molar-refractivity contribution is 0.388. The van der Waals surface area contributed by atoms with Crippen molar-refractivity contribution < 1.29 is 4.52 Å². The van der Waals surface area contributed by atoms with E-state index in [1.54, 1.807) is 21.5 Å². The lowest BCUT2D eigenvalue weighted by Gasteiger charge is -2.14. The first kappa shape index (κ1) is 26.4. The van der Waals surface area contributed by atoms with E-state index in [1.165, 1.54) is 15.9 Å². The maximum Gasteiger partial charge on any atom is 0.439 e. The number of thiophene rings is 1. The third kappa shape index (κ3) is 4.65. The topological polar surface area (TPSA) is 121 Å². The first-order chi connectivity index (χ1) is 21.0. The van der Waals surface area contributed by atoms with Gasteiger partial charge in [-0.3, -0.25) is 18.9 Å². The summed E-state index contributed by atoms with van der Waals surface area (Å²) in [7, 11) is 0. The van der Waals surface area contributed by atoms with Crippen LogP contribution in [0.2, 0.25) is 0 Å². The van der Waals surface area contributed by atoms with Gasteiger partial charge in [-0.25, -0.2) is 18.8 Å². The molecule has 10 nitrogen and oxygen atoms in total. The number of rotatable bonds is 7. The summed E-state index contributed by atoms with van der Waals surface area (Å²) in [6.07, 6.45) is 2.33. The van der Waals surface area contributed by atoms with Crippen molar-refractivity contribution >= 4 is 21.6 Å². The number of hydrogen-bond acceptors (Lipinski definition) is 7. The Labute approximate surface area is 247 Å². The Hall–Kier alpha value is -5.55. The monoisotopic (exact) mass is 588 g/mol. The van der Waals surface area contributed by atoms with Crippen LogP contribution in [0.5, 0.6) is 0 Å². The molecule has 0 saturated carbocycles. The summed E-state index contributed by atoms with van der Waals surface area (Å²) >= 11 is 1.46. The van der Waals surface area contributed by atoms with Crippen molar-refractivity contribution in [1.82, 2.24) is 29.1 Å². The van der Waals surface area contributed by atoms with Crippen molar-refractivity contribution in [1.29, 1.82) is 0 Å². The summed E-state index contributed by atoms with van der Waals surface area (Å²) in [6.45, 7) is 2.29. The molecular weight excluding hydrogens is 564 g/mol. The van der Waals surface area contributed by atoms with Crippen LogP contribution in [0, 0.1) is 0 Å². The quantitative estimate of drug-likeness (QED) is 0.279. The molecule has 0 amide bonds. The second kappa shape index (κ2) is 10.7. The highest BCUT2D eigenvalue weighted by atomic mass is 32.1. The Bertz CT molecular complexity index is 2270. The molecule has 4 heterocycles. The summed E-state index contributed by atoms with van der Waals surface area (Å²) in [5.74, 6) is 0.101. The van der Waals surface area contributed by atoms with Gasteiger partial charge in [0, 0.05) is 16.5 Å². The number of aryl methyl sites for hydroxylation is 1. The van der Waals surface area contributed by atoms with Crippen LogP contribution in [0.15, 0.2) is 116 Å². The van der Waals surface area contributed by atoms with E-state index in [-0.39, 0.29) is 12.1 Å². The van der Waals surface area contributed by atoms with Crippen LogP contribution in [0.4, 0.5) is 0 Å². The summed E-state index contributed by atoms with van der Waals surface area (Å²) in [4.78, 5) is 43.7. The van der Waals surface area contributed by atoms with Crippen LogP contribution in [-0.2, 0) is 13.0 Å². The summed E-state index contributed by atoms with van der Waals surface area (Å²) in [6, 6.07) is 28.4. The second-order valence-electron chi connectivity index (χ2n) is 9.92. The highest BCUT2D eigenvalue weighted by molar-refractivity contribution is 7.18. The van der Waals surface area contributed by atoms with Gasteiger partial charge in [0.1, 0.15) is 10.6 Å². The third-order valence-electron chi connectivity index (χ3n) is 7.29. The van der Waals surface area contributed by atoms with E-state index >= 15 is 0 Å². The molecule has 7 rings (SSSR count). The zero-order chi connectivity index (χ0) is 29.5. The molecule has 212 valence electrons. The van der Waals surface area contributed by atoms with Gasteiger partial charge in [0.25, 0.3) is 5.56 Å². The molecule has 0 fully saturated rings. The average Bonchev–Trinajstić information content (AvgIpc) is 3.80. The van der Waals surface area contributed by atoms with Crippen molar-refractivity contribution in [2.45, 2.75) is 19.9 Å². The van der Waals surface area contributed by atoms with Gasteiger partial charge in [-0.1, -0.05) is 78.8 Å². The molecule has 0 aliphatic carbocycles. The maximum absolute atomic E-state index is 14.1. The number of H-pyrrole nitrogens is 1. The Morgan fingerprint density at radius 3 is 2.35 bits per heavy atom. The zero-order valence-corrected chi connectivity index (χ0v) is 23.7. The second-order valence-corrected chi connectivity index (χ2v) is 11.0. The van der Waals surface area contributed by atoms with E-state index in [2.05, 4.69) is 15.2 Å². The molecule has 11 heteroatoms. The van der Waals surface area contributed by atoms with E-state index in [9.17, 15) is 14.4 Å². The fourth-order valence-corrected chi connectivity index (χ4v) is 6.29. The molecule has 0 spiro atoms. The summed E-state index contributed by atoms with van der Waals surface area (Å²) < 4.78 is 9.17. The maximum atomic E-state index is 14.1. The number of fused-ring (bicyclic) bond motifs is 1. The van der Waals surface area contributed by atoms with Crippen molar-refractivity contribution in [3.63, 3.8) is 0 Å². The molecule has 43 heavy (non-hydrogen) atoms. The Morgan fingerprint density at radius 1 is 0.884 bits per heavy atom. The van der Waals surface area contributed by atoms with E-state index < -0.39 is 11.4 Å². The minimum absolute atomic E-state index is 0.261. The zero-order valence-electron chi connectivity index (χ0n) is 22.9. The van der Waals surface area contributed by atoms with Gasteiger partial charge in [0.2, 0.25) is 0 Å². The minimum Gasteiger partial charge on any atom is -0.296 e. The van der Waals surface area contributed by atoms with Crippen LogP contribution in [0.1, 0.15) is 17.4 Å². The Morgan fingerprint density at radius 2 is 1.63 bits per heavy atom. The first-order valence-corrected chi connectivity index (χ1v) is 14.5. The molecule has 4 aromatic heterocycles. The number of aromatic amines is 1. The number of para-hydroxylation sites is 1. The van der Waals surface area contributed by atoms with Crippen LogP contribution >= 0.6 is 11.3 Å². The largest absolute Gasteiger partial charge is 0.439 e. The molecule has 0 saturated heterocycles. The fraction of sp³-hybridized carbons (Fsp3) is 0.0938. The van der Waals surface area contributed by atoms with Crippen LogP contribution < -0.4 is 17.0 Å². The SMILES string of the molecule is CCc1cc2c(=O)n(-c3ccnn3-c3ccccc3)c(=O)n(Cc3ccc(-c4ccccc4-c4noc(=O)[nH]4)cc3)c2s1. The molecule has 1 N–H and O–H groups in total. The molecular formula is C32H24N6O4S. The van der Waals surface area contributed by atoms with Gasteiger partial charge >= 0.3 is 11.4 Å². The molecule has 7 aromatic rings. The molecule has 0 aliphatic rings. The molecule has 0 aliphatic heterocycles. The number of aromatic nitrogens is 6. The number of nitrogens with zero attached hydrogens (tertiary/aromatic N) is 5. The predicted molar refractivity (Wildman–Crippen MR) is 165 cm³/mol. The van der Waals surface area contributed by atoms with Gasteiger partial charge in [-0.05, 0) is 41.3 Å². The van der Waals surface area contributed by atoms with E-state index in [4.69, 9.17) is 4.52 Å². The first-order valence-electron chi connectivity index (χ1n) is 13.6. The lowest BCUT2D eigenvalue weighted by Crippen LogP contribution is -2.39. The van der Waals surface area contributed by atoms with Crippen LogP contribution in [-0.4, -0.2) is 29.1 Å². The van der Waals surface area contributed by atoms with Gasteiger partial charge in [0.05, 0.1) is 23.8 Å². The lowest BCUT2D eigenvalue weighted by atomic mass is 9.98. The average molecular weight is 589 g/mol. The predicted octanol–water partition coefficient (Wildman–Crippen LogP) is 5.02. The Kier molecular flexibility index (Phi) is 6.55.